The van der Waals surface area contributed by atoms with E-state index in [0.717, 1.165) is 18.7 Å². The Bertz CT molecular complexity index is 401. The van der Waals surface area contributed by atoms with Crippen molar-refractivity contribution in [3.63, 3.8) is 0 Å². The van der Waals surface area contributed by atoms with Crippen molar-refractivity contribution in [3.05, 3.63) is 23.8 Å². The molecule has 19 heavy (non-hydrogen) atoms. The number of nitrogens with zero attached hydrogens (tertiary/aromatic N) is 1. The molecule has 1 aliphatic rings. The minimum Gasteiger partial charge on any atom is -0.504 e. The van der Waals surface area contributed by atoms with Crippen LogP contribution in [0.25, 0.3) is 0 Å². The highest BCUT2D eigenvalue weighted by molar-refractivity contribution is 5.41. The Kier molecular flexibility index (Phi) is 5.05. The van der Waals surface area contributed by atoms with E-state index >= 15 is 0 Å². The van der Waals surface area contributed by atoms with Crippen LogP contribution in [0.1, 0.15) is 25.3 Å². The molecule has 2 N–H and O–H groups in total. The standard InChI is InChI=1S/C15H24N2O2/c1-3-17-8-6-13(7-9-17)16-11-12-4-5-14(18)15(10-12)19-2/h4-5,10,13,16,18H,3,6-9,11H2,1-2H3. The van der Waals surface area contributed by atoms with Crippen LogP contribution >= 0.6 is 0 Å². The smallest absolute Gasteiger partial charge is 0.160 e. The van der Waals surface area contributed by atoms with Crippen molar-refractivity contribution in [1.29, 1.82) is 0 Å². The van der Waals surface area contributed by atoms with Gasteiger partial charge < -0.3 is 20.1 Å². The highest BCUT2D eigenvalue weighted by Crippen LogP contribution is 2.26. The molecule has 0 saturated carbocycles. The van der Waals surface area contributed by atoms with Crippen LogP contribution in [0.3, 0.4) is 0 Å². The molecule has 0 amide bonds. The Balaban J connectivity index is 1.82. The summed E-state index contributed by atoms with van der Waals surface area (Å²) in [6.07, 6.45) is 2.42. The molecule has 0 bridgehead atoms. The minimum atomic E-state index is 0.197. The molecule has 106 valence electrons. The monoisotopic (exact) mass is 264 g/mol. The van der Waals surface area contributed by atoms with Gasteiger partial charge in [0.1, 0.15) is 0 Å². The van der Waals surface area contributed by atoms with Gasteiger partial charge in [-0.05, 0) is 50.2 Å². The van der Waals surface area contributed by atoms with Crippen LogP contribution in [-0.4, -0.2) is 42.8 Å². The minimum absolute atomic E-state index is 0.197. The molecule has 1 aliphatic heterocycles. The number of nitrogens with one attached hydrogen (secondary N) is 1. The van der Waals surface area contributed by atoms with Crippen LogP contribution in [-0.2, 0) is 6.54 Å². The van der Waals surface area contributed by atoms with Crippen LogP contribution in [0.2, 0.25) is 0 Å². The third kappa shape index (κ3) is 3.85. The van der Waals surface area contributed by atoms with Crippen LogP contribution < -0.4 is 10.1 Å². The quantitative estimate of drug-likeness (QED) is 0.853. The Hall–Kier alpha value is -1.26. The van der Waals surface area contributed by atoms with Crippen molar-refractivity contribution >= 4 is 0 Å². The topological polar surface area (TPSA) is 44.7 Å². The number of phenolic OH excluding ortho intramolecular Hbond substituents is 1. The lowest BCUT2D eigenvalue weighted by Gasteiger charge is -2.31. The predicted molar refractivity (Wildman–Crippen MR) is 76.6 cm³/mol. The van der Waals surface area contributed by atoms with E-state index in [4.69, 9.17) is 4.74 Å². The highest BCUT2D eigenvalue weighted by atomic mass is 16.5. The molecule has 1 saturated heterocycles. The van der Waals surface area contributed by atoms with Gasteiger partial charge >= 0.3 is 0 Å². The van der Waals surface area contributed by atoms with E-state index in [1.54, 1.807) is 13.2 Å². The second-order valence-electron chi connectivity index (χ2n) is 5.10. The molecule has 0 unspecified atom stereocenters. The summed E-state index contributed by atoms with van der Waals surface area (Å²) < 4.78 is 5.12. The van der Waals surface area contributed by atoms with E-state index in [1.807, 2.05) is 12.1 Å². The molecule has 4 heteroatoms. The first kappa shape index (κ1) is 14.2. The zero-order valence-electron chi connectivity index (χ0n) is 11.9. The van der Waals surface area contributed by atoms with Crippen LogP contribution in [0.5, 0.6) is 11.5 Å². The third-order valence-corrected chi connectivity index (χ3v) is 3.87. The number of hydrogen-bond acceptors (Lipinski definition) is 4. The average Bonchev–Trinajstić information content (AvgIpc) is 2.47. The van der Waals surface area contributed by atoms with Crippen molar-refractivity contribution in [3.8, 4) is 11.5 Å². The van der Waals surface area contributed by atoms with E-state index in [-0.39, 0.29) is 5.75 Å². The van der Waals surface area contributed by atoms with Crippen molar-refractivity contribution < 1.29 is 9.84 Å². The summed E-state index contributed by atoms with van der Waals surface area (Å²) >= 11 is 0. The van der Waals surface area contributed by atoms with E-state index in [0.29, 0.717) is 11.8 Å². The van der Waals surface area contributed by atoms with Gasteiger partial charge in [0, 0.05) is 12.6 Å². The molecule has 0 aliphatic carbocycles. The number of methoxy groups -OCH3 is 1. The van der Waals surface area contributed by atoms with E-state index in [1.165, 1.54) is 25.9 Å². The lowest BCUT2D eigenvalue weighted by Crippen LogP contribution is -2.42. The van der Waals surface area contributed by atoms with Crippen molar-refractivity contribution in [2.24, 2.45) is 0 Å². The molecular formula is C15H24N2O2. The Morgan fingerprint density at radius 1 is 1.37 bits per heavy atom. The van der Waals surface area contributed by atoms with Crippen molar-refractivity contribution in [2.45, 2.75) is 32.4 Å². The molecule has 1 aromatic rings. The Labute approximate surface area is 115 Å². The van der Waals surface area contributed by atoms with Crippen LogP contribution in [0.4, 0.5) is 0 Å². The molecular weight excluding hydrogens is 240 g/mol. The number of rotatable bonds is 5. The number of phenols is 1. The largest absolute Gasteiger partial charge is 0.504 e. The van der Waals surface area contributed by atoms with Gasteiger partial charge in [-0.3, -0.25) is 0 Å². The van der Waals surface area contributed by atoms with E-state index < -0.39 is 0 Å². The van der Waals surface area contributed by atoms with Gasteiger partial charge in [0.2, 0.25) is 0 Å². The van der Waals surface area contributed by atoms with Gasteiger partial charge in [0.05, 0.1) is 7.11 Å². The van der Waals surface area contributed by atoms with Gasteiger partial charge in [-0.2, -0.15) is 0 Å². The number of likely N-dealkylation sites (tertiary alicyclic amines) is 1. The fourth-order valence-electron chi connectivity index (χ4n) is 2.55. The maximum atomic E-state index is 9.56. The predicted octanol–water partition coefficient (Wildman–Crippen LogP) is 1.97. The van der Waals surface area contributed by atoms with E-state index in [9.17, 15) is 5.11 Å². The summed E-state index contributed by atoms with van der Waals surface area (Å²) in [5, 5.41) is 13.1. The summed E-state index contributed by atoms with van der Waals surface area (Å²) in [4.78, 5) is 2.49. The normalized spacial score (nSPS) is 17.6. The first-order valence-corrected chi connectivity index (χ1v) is 7.04. The summed E-state index contributed by atoms with van der Waals surface area (Å²) in [5.41, 5.74) is 1.15. The molecule has 2 rings (SSSR count). The zero-order chi connectivity index (χ0) is 13.7. The van der Waals surface area contributed by atoms with Gasteiger partial charge in [-0.25, -0.2) is 0 Å². The Morgan fingerprint density at radius 2 is 2.11 bits per heavy atom. The lowest BCUT2D eigenvalue weighted by atomic mass is 10.0. The number of aromatic hydroxyl groups is 1. The first-order valence-electron chi connectivity index (χ1n) is 7.04. The number of ether oxygens (including phenoxy) is 1. The fraction of sp³-hybridized carbons (Fsp3) is 0.600. The first-order chi connectivity index (χ1) is 9.22. The second-order valence-corrected chi connectivity index (χ2v) is 5.10. The second kappa shape index (κ2) is 6.78. The maximum Gasteiger partial charge on any atom is 0.160 e. The highest BCUT2D eigenvalue weighted by Gasteiger charge is 2.17. The molecule has 4 nitrogen and oxygen atoms in total. The van der Waals surface area contributed by atoms with E-state index in [2.05, 4.69) is 17.1 Å². The molecule has 0 atom stereocenters. The molecule has 1 aromatic carbocycles. The van der Waals surface area contributed by atoms with Gasteiger partial charge in [0.15, 0.2) is 11.5 Å². The van der Waals surface area contributed by atoms with Gasteiger partial charge in [0.25, 0.3) is 0 Å². The zero-order valence-corrected chi connectivity index (χ0v) is 11.9. The third-order valence-electron chi connectivity index (χ3n) is 3.87. The molecule has 0 spiro atoms. The van der Waals surface area contributed by atoms with Crippen LogP contribution in [0, 0.1) is 0 Å². The number of benzene rings is 1. The van der Waals surface area contributed by atoms with Crippen molar-refractivity contribution in [2.75, 3.05) is 26.7 Å². The maximum absolute atomic E-state index is 9.56. The summed E-state index contributed by atoms with van der Waals surface area (Å²) in [5.74, 6) is 0.739. The summed E-state index contributed by atoms with van der Waals surface area (Å²) in [7, 11) is 1.58. The molecule has 1 fully saturated rings. The summed E-state index contributed by atoms with van der Waals surface area (Å²) in [6, 6.07) is 6.12. The summed E-state index contributed by atoms with van der Waals surface area (Å²) in [6.45, 7) is 6.58. The van der Waals surface area contributed by atoms with Crippen LogP contribution in [0.15, 0.2) is 18.2 Å². The number of hydrogen-bond donors (Lipinski definition) is 2. The lowest BCUT2D eigenvalue weighted by molar-refractivity contribution is 0.206. The van der Waals surface area contributed by atoms with Gasteiger partial charge in [-0.1, -0.05) is 13.0 Å². The SMILES string of the molecule is CCN1CCC(NCc2ccc(O)c(OC)c2)CC1. The average molecular weight is 264 g/mol. The number of piperidine rings is 1. The molecule has 0 radical (unpaired) electrons. The molecule has 1 heterocycles. The Morgan fingerprint density at radius 3 is 2.74 bits per heavy atom. The van der Waals surface area contributed by atoms with Gasteiger partial charge in [-0.15, -0.1) is 0 Å². The molecule has 0 aromatic heterocycles. The van der Waals surface area contributed by atoms with Crippen molar-refractivity contribution in [1.82, 2.24) is 10.2 Å². The fourth-order valence-corrected chi connectivity index (χ4v) is 2.55.